The van der Waals surface area contributed by atoms with Gasteiger partial charge in [-0.2, -0.15) is 4.31 Å². The predicted molar refractivity (Wildman–Crippen MR) is 62.8 cm³/mol. The van der Waals surface area contributed by atoms with Crippen molar-refractivity contribution in [3.63, 3.8) is 0 Å². The van der Waals surface area contributed by atoms with Gasteiger partial charge in [0, 0.05) is 13.1 Å². The van der Waals surface area contributed by atoms with E-state index >= 15 is 0 Å². The van der Waals surface area contributed by atoms with Gasteiger partial charge in [-0.1, -0.05) is 19.1 Å². The Hall–Kier alpha value is -1.07. The quantitative estimate of drug-likeness (QED) is 0.877. The molecule has 0 aliphatic rings. The van der Waals surface area contributed by atoms with E-state index in [4.69, 9.17) is 0 Å². The summed E-state index contributed by atoms with van der Waals surface area (Å²) in [5.74, 6) is -0.211. The minimum atomic E-state index is -3.60. The first kappa shape index (κ1) is 13.0. The molecule has 0 saturated carbocycles. The highest BCUT2D eigenvalue weighted by Crippen LogP contribution is 2.25. The SMILES string of the molecule is CCC(C)N(C)S(=O)(=O)c1ccccc1O. The molecule has 0 radical (unpaired) electrons. The summed E-state index contributed by atoms with van der Waals surface area (Å²) >= 11 is 0. The van der Waals surface area contributed by atoms with Crippen LogP contribution in [0.1, 0.15) is 20.3 Å². The fourth-order valence-electron chi connectivity index (χ4n) is 1.32. The van der Waals surface area contributed by atoms with Gasteiger partial charge >= 0.3 is 0 Å². The number of rotatable bonds is 4. The normalized spacial score (nSPS) is 14.0. The van der Waals surface area contributed by atoms with Crippen LogP contribution in [0.3, 0.4) is 0 Å². The fraction of sp³-hybridized carbons (Fsp3) is 0.455. The van der Waals surface area contributed by atoms with Crippen molar-refractivity contribution in [1.29, 1.82) is 0 Å². The highest BCUT2D eigenvalue weighted by molar-refractivity contribution is 7.89. The van der Waals surface area contributed by atoms with Crippen LogP contribution in [-0.4, -0.2) is 30.9 Å². The first-order valence-corrected chi connectivity index (χ1v) is 6.61. The lowest BCUT2D eigenvalue weighted by Crippen LogP contribution is -2.34. The fourth-order valence-corrected chi connectivity index (χ4v) is 2.84. The molecular weight excluding hydrogens is 226 g/mol. The van der Waals surface area contributed by atoms with Crippen LogP contribution in [0.25, 0.3) is 0 Å². The molecule has 16 heavy (non-hydrogen) atoms. The molecule has 1 aromatic rings. The predicted octanol–water partition coefficient (Wildman–Crippen LogP) is 1.81. The van der Waals surface area contributed by atoms with E-state index in [0.29, 0.717) is 0 Å². The van der Waals surface area contributed by atoms with Crippen molar-refractivity contribution >= 4 is 10.0 Å². The number of para-hydroxylation sites is 1. The molecule has 4 nitrogen and oxygen atoms in total. The van der Waals surface area contributed by atoms with Crippen molar-refractivity contribution in [3.8, 4) is 5.75 Å². The lowest BCUT2D eigenvalue weighted by Gasteiger charge is -2.23. The molecule has 90 valence electrons. The molecule has 0 fully saturated rings. The second-order valence-corrected chi connectivity index (χ2v) is 5.71. The Morgan fingerprint density at radius 2 is 1.94 bits per heavy atom. The Balaban J connectivity index is 3.17. The maximum absolute atomic E-state index is 12.1. The molecule has 0 aliphatic carbocycles. The third kappa shape index (κ3) is 2.36. The summed E-state index contributed by atoms with van der Waals surface area (Å²) in [5.41, 5.74) is 0. The van der Waals surface area contributed by atoms with Crippen LogP contribution in [0.4, 0.5) is 0 Å². The van der Waals surface area contributed by atoms with E-state index in [1.165, 1.54) is 23.5 Å². The summed E-state index contributed by atoms with van der Waals surface area (Å²) in [7, 11) is -2.07. The highest BCUT2D eigenvalue weighted by Gasteiger charge is 2.26. The number of sulfonamides is 1. The molecule has 0 spiro atoms. The third-order valence-corrected chi connectivity index (χ3v) is 4.75. The molecular formula is C11H17NO3S. The van der Waals surface area contributed by atoms with Gasteiger partial charge in [0.25, 0.3) is 0 Å². The Bertz CT molecular complexity index is 456. The maximum Gasteiger partial charge on any atom is 0.246 e. The topological polar surface area (TPSA) is 57.6 Å². The largest absolute Gasteiger partial charge is 0.507 e. The summed E-state index contributed by atoms with van der Waals surface area (Å²) in [4.78, 5) is -0.0437. The Morgan fingerprint density at radius 1 is 1.38 bits per heavy atom. The number of phenols is 1. The maximum atomic E-state index is 12.1. The van der Waals surface area contributed by atoms with Gasteiger partial charge in [0.15, 0.2) is 0 Å². The van der Waals surface area contributed by atoms with Crippen LogP contribution >= 0.6 is 0 Å². The average molecular weight is 243 g/mol. The second-order valence-electron chi connectivity index (χ2n) is 3.75. The van der Waals surface area contributed by atoms with Crippen LogP contribution in [-0.2, 0) is 10.0 Å². The summed E-state index contributed by atoms with van der Waals surface area (Å²) in [6, 6.07) is 5.87. The monoisotopic (exact) mass is 243 g/mol. The number of hydrogen-bond acceptors (Lipinski definition) is 3. The van der Waals surface area contributed by atoms with Gasteiger partial charge in [-0.15, -0.1) is 0 Å². The zero-order valence-electron chi connectivity index (χ0n) is 9.71. The van der Waals surface area contributed by atoms with Gasteiger partial charge in [0.05, 0.1) is 0 Å². The molecule has 1 rings (SSSR count). The summed E-state index contributed by atoms with van der Waals surface area (Å²) in [6.07, 6.45) is 0.726. The van der Waals surface area contributed by atoms with E-state index in [1.807, 2.05) is 13.8 Å². The smallest absolute Gasteiger partial charge is 0.246 e. The van der Waals surface area contributed by atoms with Crippen molar-refractivity contribution in [2.45, 2.75) is 31.2 Å². The molecule has 5 heteroatoms. The molecule has 1 N–H and O–H groups in total. The van der Waals surface area contributed by atoms with E-state index in [-0.39, 0.29) is 16.7 Å². The van der Waals surface area contributed by atoms with E-state index in [9.17, 15) is 13.5 Å². The Morgan fingerprint density at radius 3 is 2.44 bits per heavy atom. The molecule has 0 heterocycles. The zero-order valence-corrected chi connectivity index (χ0v) is 10.5. The molecule has 0 bridgehead atoms. The zero-order chi connectivity index (χ0) is 12.3. The lowest BCUT2D eigenvalue weighted by atomic mass is 10.3. The molecule has 1 unspecified atom stereocenters. The highest BCUT2D eigenvalue weighted by atomic mass is 32.2. The van der Waals surface area contributed by atoms with Gasteiger partial charge in [0.1, 0.15) is 10.6 Å². The number of nitrogens with zero attached hydrogens (tertiary/aromatic N) is 1. The molecule has 1 atom stereocenters. The van der Waals surface area contributed by atoms with E-state index in [1.54, 1.807) is 12.1 Å². The van der Waals surface area contributed by atoms with Crippen molar-refractivity contribution in [2.75, 3.05) is 7.05 Å². The average Bonchev–Trinajstić information content (AvgIpc) is 2.27. The number of phenolic OH excluding ortho intramolecular Hbond substituents is 1. The van der Waals surface area contributed by atoms with Crippen LogP contribution in [0, 0.1) is 0 Å². The summed E-state index contributed by atoms with van der Waals surface area (Å²) in [5, 5.41) is 9.54. The van der Waals surface area contributed by atoms with E-state index < -0.39 is 10.0 Å². The van der Waals surface area contributed by atoms with E-state index in [2.05, 4.69) is 0 Å². The standard InChI is InChI=1S/C11H17NO3S/c1-4-9(2)12(3)16(14,15)11-8-6-5-7-10(11)13/h5-9,13H,4H2,1-3H3. The van der Waals surface area contributed by atoms with E-state index in [0.717, 1.165) is 6.42 Å². The van der Waals surface area contributed by atoms with Crippen molar-refractivity contribution in [1.82, 2.24) is 4.31 Å². The first-order valence-electron chi connectivity index (χ1n) is 5.17. The van der Waals surface area contributed by atoms with Crippen molar-refractivity contribution < 1.29 is 13.5 Å². The van der Waals surface area contributed by atoms with Crippen LogP contribution in [0.2, 0.25) is 0 Å². The minimum Gasteiger partial charge on any atom is -0.507 e. The van der Waals surface area contributed by atoms with Gasteiger partial charge < -0.3 is 5.11 Å². The minimum absolute atomic E-state index is 0.0437. The van der Waals surface area contributed by atoms with Crippen LogP contribution < -0.4 is 0 Å². The van der Waals surface area contributed by atoms with Gasteiger partial charge in [-0.25, -0.2) is 8.42 Å². The number of hydrogen-bond donors (Lipinski definition) is 1. The summed E-state index contributed by atoms with van der Waals surface area (Å²) in [6.45, 7) is 3.75. The lowest BCUT2D eigenvalue weighted by molar-refractivity contribution is 0.376. The van der Waals surface area contributed by atoms with Crippen molar-refractivity contribution in [3.05, 3.63) is 24.3 Å². The van der Waals surface area contributed by atoms with Crippen LogP contribution in [0.15, 0.2) is 29.2 Å². The second kappa shape index (κ2) is 4.84. The molecule has 0 aliphatic heterocycles. The molecule has 1 aromatic carbocycles. The Labute approximate surface area is 96.6 Å². The van der Waals surface area contributed by atoms with Gasteiger partial charge in [0.2, 0.25) is 10.0 Å². The molecule has 0 saturated heterocycles. The summed E-state index contributed by atoms with van der Waals surface area (Å²) < 4.78 is 25.5. The van der Waals surface area contributed by atoms with Gasteiger partial charge in [-0.3, -0.25) is 0 Å². The first-order chi connectivity index (χ1) is 7.41. The number of benzene rings is 1. The molecule has 0 aromatic heterocycles. The number of aromatic hydroxyl groups is 1. The Kier molecular flexibility index (Phi) is 3.93. The van der Waals surface area contributed by atoms with Crippen molar-refractivity contribution in [2.24, 2.45) is 0 Å². The molecule has 0 amide bonds. The van der Waals surface area contributed by atoms with Gasteiger partial charge in [-0.05, 0) is 25.5 Å². The third-order valence-electron chi connectivity index (χ3n) is 2.73. The van der Waals surface area contributed by atoms with Crippen LogP contribution in [0.5, 0.6) is 5.75 Å².